The lowest BCUT2D eigenvalue weighted by Gasteiger charge is -2.23. The Bertz CT molecular complexity index is 1420. The first-order chi connectivity index (χ1) is 18.3. The van der Waals surface area contributed by atoms with Crippen LogP contribution in [0.3, 0.4) is 0 Å². The van der Waals surface area contributed by atoms with Crippen LogP contribution < -0.4 is 15.0 Å². The Morgan fingerprint density at radius 3 is 2.47 bits per heavy atom. The number of rotatable bonds is 8. The number of ether oxygens (including phenoxy) is 3. The molecule has 1 aliphatic heterocycles. The van der Waals surface area contributed by atoms with E-state index in [0.717, 1.165) is 11.1 Å². The molecule has 0 saturated carbocycles. The van der Waals surface area contributed by atoms with Crippen molar-refractivity contribution in [2.45, 2.75) is 38.9 Å². The Balaban J connectivity index is 1.80. The third-order valence-corrected chi connectivity index (χ3v) is 6.55. The van der Waals surface area contributed by atoms with E-state index in [1.807, 2.05) is 38.1 Å². The Labute approximate surface area is 221 Å². The van der Waals surface area contributed by atoms with Gasteiger partial charge in [0.2, 0.25) is 5.88 Å². The number of terminal acetylenes is 1. The van der Waals surface area contributed by atoms with Crippen molar-refractivity contribution < 1.29 is 24.1 Å². The molecule has 4 rings (SSSR count). The number of amides is 1. The number of aromatic hydroxyl groups is 1. The zero-order chi connectivity index (χ0) is 27.4. The lowest BCUT2D eigenvalue weighted by molar-refractivity contribution is 0.0590. The average Bonchev–Trinajstić information content (AvgIpc) is 3.41. The number of carbonyl (C=O) groups excluding carboxylic acids is 1. The SMILES string of the molecule is C#Cc1ccccc1C1CCN(C(=O)c2c(O)n(-c3c(OC)cccc3OC)c(COC(C)C)nc2=O)C1. The molecule has 0 bridgehead atoms. The molecule has 1 N–H and O–H groups in total. The predicted molar refractivity (Wildman–Crippen MR) is 142 cm³/mol. The number of methoxy groups -OCH3 is 2. The summed E-state index contributed by atoms with van der Waals surface area (Å²) < 4.78 is 18.0. The van der Waals surface area contributed by atoms with Gasteiger partial charge in [-0.1, -0.05) is 30.2 Å². The highest BCUT2D eigenvalue weighted by atomic mass is 16.5. The summed E-state index contributed by atoms with van der Waals surface area (Å²) in [4.78, 5) is 32.6. The molecule has 1 saturated heterocycles. The minimum absolute atomic E-state index is 0.0107. The summed E-state index contributed by atoms with van der Waals surface area (Å²) in [6.07, 6.45) is 6.18. The zero-order valence-electron chi connectivity index (χ0n) is 21.9. The third kappa shape index (κ3) is 5.08. The van der Waals surface area contributed by atoms with Crippen LogP contribution >= 0.6 is 0 Å². The summed E-state index contributed by atoms with van der Waals surface area (Å²) in [7, 11) is 2.94. The van der Waals surface area contributed by atoms with Crippen LogP contribution in [0.5, 0.6) is 17.4 Å². The highest BCUT2D eigenvalue weighted by Gasteiger charge is 2.34. The second-order valence-electron chi connectivity index (χ2n) is 9.21. The minimum Gasteiger partial charge on any atom is -0.494 e. The third-order valence-electron chi connectivity index (χ3n) is 6.55. The average molecular weight is 518 g/mol. The van der Waals surface area contributed by atoms with Crippen molar-refractivity contribution in [1.82, 2.24) is 14.5 Å². The van der Waals surface area contributed by atoms with Crippen LogP contribution in [0.2, 0.25) is 0 Å². The number of hydrogen-bond acceptors (Lipinski definition) is 7. The number of nitrogens with zero attached hydrogens (tertiary/aromatic N) is 3. The van der Waals surface area contributed by atoms with Gasteiger partial charge in [0, 0.05) is 24.6 Å². The molecule has 9 nitrogen and oxygen atoms in total. The predicted octanol–water partition coefficient (Wildman–Crippen LogP) is 3.49. The monoisotopic (exact) mass is 517 g/mol. The van der Waals surface area contributed by atoms with Gasteiger partial charge in [0.1, 0.15) is 29.6 Å². The molecule has 2 heterocycles. The Morgan fingerprint density at radius 2 is 1.84 bits per heavy atom. The van der Waals surface area contributed by atoms with Crippen molar-refractivity contribution in [2.75, 3.05) is 27.3 Å². The summed E-state index contributed by atoms with van der Waals surface area (Å²) in [5, 5.41) is 11.5. The maximum Gasteiger partial charge on any atom is 0.289 e. The van der Waals surface area contributed by atoms with E-state index in [4.69, 9.17) is 20.6 Å². The first-order valence-electron chi connectivity index (χ1n) is 12.3. The van der Waals surface area contributed by atoms with E-state index in [0.29, 0.717) is 36.7 Å². The van der Waals surface area contributed by atoms with Gasteiger partial charge >= 0.3 is 0 Å². The summed E-state index contributed by atoms with van der Waals surface area (Å²) in [6, 6.07) is 12.7. The fourth-order valence-electron chi connectivity index (χ4n) is 4.71. The maximum absolute atomic E-state index is 13.7. The summed E-state index contributed by atoms with van der Waals surface area (Å²) in [6.45, 7) is 4.34. The van der Waals surface area contributed by atoms with Crippen molar-refractivity contribution in [3.63, 3.8) is 0 Å². The maximum atomic E-state index is 13.7. The van der Waals surface area contributed by atoms with Crippen molar-refractivity contribution in [3.8, 4) is 35.4 Å². The van der Waals surface area contributed by atoms with Crippen LogP contribution in [0.15, 0.2) is 47.3 Å². The van der Waals surface area contributed by atoms with Crippen molar-refractivity contribution >= 4 is 5.91 Å². The molecule has 38 heavy (non-hydrogen) atoms. The van der Waals surface area contributed by atoms with Crippen molar-refractivity contribution in [3.05, 3.63) is 75.3 Å². The molecule has 198 valence electrons. The number of benzene rings is 2. The van der Waals surface area contributed by atoms with Gasteiger partial charge in [0.15, 0.2) is 5.56 Å². The van der Waals surface area contributed by atoms with Gasteiger partial charge in [0.05, 0.1) is 20.3 Å². The second-order valence-corrected chi connectivity index (χ2v) is 9.21. The molecule has 0 radical (unpaired) electrons. The summed E-state index contributed by atoms with van der Waals surface area (Å²) in [5.41, 5.74) is 0.771. The van der Waals surface area contributed by atoms with Gasteiger partial charge in [0.25, 0.3) is 11.5 Å². The molecular formula is C29H31N3O6. The highest BCUT2D eigenvalue weighted by Crippen LogP contribution is 2.37. The van der Waals surface area contributed by atoms with E-state index in [-0.39, 0.29) is 24.5 Å². The first kappa shape index (κ1) is 26.8. The van der Waals surface area contributed by atoms with Crippen LogP contribution in [0.25, 0.3) is 5.69 Å². The second kappa shape index (κ2) is 11.4. The number of carbonyl (C=O) groups is 1. The van der Waals surface area contributed by atoms with Crippen molar-refractivity contribution in [2.24, 2.45) is 0 Å². The Kier molecular flexibility index (Phi) is 8.03. The molecular weight excluding hydrogens is 486 g/mol. The zero-order valence-corrected chi connectivity index (χ0v) is 21.9. The van der Waals surface area contributed by atoms with Gasteiger partial charge in [-0.2, -0.15) is 4.98 Å². The van der Waals surface area contributed by atoms with Crippen LogP contribution in [0.1, 0.15) is 53.5 Å². The molecule has 1 aromatic heterocycles. The van der Waals surface area contributed by atoms with Crippen LogP contribution in [-0.4, -0.2) is 58.9 Å². The lowest BCUT2D eigenvalue weighted by Crippen LogP contribution is -2.35. The van der Waals surface area contributed by atoms with Crippen LogP contribution in [-0.2, 0) is 11.3 Å². The van der Waals surface area contributed by atoms with Gasteiger partial charge in [-0.15, -0.1) is 6.42 Å². The molecule has 3 aromatic rings. The Morgan fingerprint density at radius 1 is 1.16 bits per heavy atom. The quantitative estimate of drug-likeness (QED) is 0.456. The van der Waals surface area contributed by atoms with Crippen molar-refractivity contribution in [1.29, 1.82) is 0 Å². The summed E-state index contributed by atoms with van der Waals surface area (Å²) in [5.74, 6) is 2.33. The number of para-hydroxylation sites is 1. The fraction of sp³-hybridized carbons (Fsp3) is 0.345. The highest BCUT2D eigenvalue weighted by molar-refractivity contribution is 5.96. The van der Waals surface area contributed by atoms with E-state index >= 15 is 0 Å². The molecule has 9 heteroatoms. The fourth-order valence-corrected chi connectivity index (χ4v) is 4.71. The van der Waals surface area contributed by atoms with E-state index in [2.05, 4.69) is 10.9 Å². The molecule has 1 amide bonds. The molecule has 1 fully saturated rings. The molecule has 1 atom stereocenters. The smallest absolute Gasteiger partial charge is 0.289 e. The molecule has 0 spiro atoms. The van der Waals surface area contributed by atoms with Gasteiger partial charge in [-0.05, 0) is 44.0 Å². The number of aromatic nitrogens is 2. The van der Waals surface area contributed by atoms with E-state index in [9.17, 15) is 14.7 Å². The number of hydrogen-bond donors (Lipinski definition) is 1. The molecule has 2 aromatic carbocycles. The van der Waals surface area contributed by atoms with E-state index in [1.54, 1.807) is 23.1 Å². The van der Waals surface area contributed by atoms with Gasteiger partial charge in [-0.3, -0.25) is 14.2 Å². The standard InChI is InChI=1S/C29H31N3O6/c1-6-19-10-7-8-11-21(19)20-14-15-31(16-20)28(34)25-27(33)30-24(17-38-18(2)3)32(29(25)35)26-22(36-4)12-9-13-23(26)37-5/h1,7-13,18,20,35H,14-17H2,2-5H3. The molecule has 1 unspecified atom stereocenters. The largest absolute Gasteiger partial charge is 0.494 e. The molecule has 0 aliphatic carbocycles. The van der Waals surface area contributed by atoms with Gasteiger partial charge in [-0.25, -0.2) is 0 Å². The number of likely N-dealkylation sites (tertiary alicyclic amines) is 1. The van der Waals surface area contributed by atoms with E-state index < -0.39 is 22.9 Å². The Hall–Kier alpha value is -4.29. The van der Waals surface area contributed by atoms with E-state index in [1.165, 1.54) is 18.8 Å². The molecule has 1 aliphatic rings. The van der Waals surface area contributed by atoms with Gasteiger partial charge < -0.3 is 24.2 Å². The van der Waals surface area contributed by atoms with Crippen LogP contribution in [0.4, 0.5) is 0 Å². The topological polar surface area (TPSA) is 103 Å². The minimum atomic E-state index is -0.840. The summed E-state index contributed by atoms with van der Waals surface area (Å²) >= 11 is 0. The first-order valence-corrected chi connectivity index (χ1v) is 12.3. The lowest BCUT2D eigenvalue weighted by atomic mass is 9.94. The van der Waals surface area contributed by atoms with Crippen LogP contribution in [0, 0.1) is 12.3 Å². The normalized spacial score (nSPS) is 14.9.